The monoisotopic (exact) mass is 446 g/mol. The van der Waals surface area contributed by atoms with Crippen LogP contribution in [0.4, 0.5) is 0 Å². The van der Waals surface area contributed by atoms with Gasteiger partial charge in [0, 0.05) is 11.6 Å². The summed E-state index contributed by atoms with van der Waals surface area (Å²) in [6.45, 7) is 0.113. The Morgan fingerprint density at radius 2 is 1.79 bits per heavy atom. The van der Waals surface area contributed by atoms with Gasteiger partial charge in [0.1, 0.15) is 11.5 Å². The lowest BCUT2D eigenvalue weighted by Gasteiger charge is -2.10. The third-order valence-electron chi connectivity index (χ3n) is 5.18. The molecule has 8 nitrogen and oxygen atoms in total. The third-order valence-corrected chi connectivity index (χ3v) is 5.18. The fraction of sp³-hybridized carbons (Fsp3) is 0.120. The van der Waals surface area contributed by atoms with Crippen LogP contribution in [0.5, 0.6) is 34.5 Å². The number of ether oxygens (including phenoxy) is 6. The van der Waals surface area contributed by atoms with Gasteiger partial charge in [-0.2, -0.15) is 0 Å². The second-order valence-electron chi connectivity index (χ2n) is 7.14. The van der Waals surface area contributed by atoms with E-state index in [-0.39, 0.29) is 24.1 Å². The average Bonchev–Trinajstić information content (AvgIpc) is 3.42. The lowest BCUT2D eigenvalue weighted by atomic mass is 10.1. The molecule has 166 valence electrons. The van der Waals surface area contributed by atoms with Gasteiger partial charge in [-0.3, -0.25) is 4.79 Å². The number of hydrogen-bond acceptors (Lipinski definition) is 8. The standard InChI is InChI=1S/C25H18O8/c1-28-19-5-3-4-14(24(19)29-2)10-22-23(26)17-8-7-16(12-20(17)33-22)32-25(27)15-6-9-18-21(11-15)31-13-30-18/h3-12H,13H2,1-2H3/b22-10-. The minimum atomic E-state index is -0.575. The molecule has 2 aliphatic rings. The maximum atomic E-state index is 12.8. The van der Waals surface area contributed by atoms with Crippen molar-refractivity contribution in [1.29, 1.82) is 0 Å². The summed E-state index contributed by atoms with van der Waals surface area (Å²) in [6.07, 6.45) is 1.59. The number of esters is 1. The van der Waals surface area contributed by atoms with E-state index in [1.807, 2.05) is 0 Å². The number of ketones is 1. The predicted octanol–water partition coefficient (Wildman–Crippen LogP) is 4.27. The number of rotatable bonds is 5. The molecule has 0 aliphatic carbocycles. The van der Waals surface area contributed by atoms with E-state index < -0.39 is 5.97 Å². The molecule has 0 amide bonds. The molecule has 3 aromatic rings. The number of para-hydroxylation sites is 1. The van der Waals surface area contributed by atoms with Crippen LogP contribution in [0.15, 0.2) is 60.4 Å². The first-order valence-electron chi connectivity index (χ1n) is 9.98. The second kappa shape index (κ2) is 8.23. The summed E-state index contributed by atoms with van der Waals surface area (Å²) < 4.78 is 32.5. The second-order valence-corrected chi connectivity index (χ2v) is 7.14. The molecule has 0 spiro atoms. The first-order chi connectivity index (χ1) is 16.1. The van der Waals surface area contributed by atoms with Crippen LogP contribution in [0.3, 0.4) is 0 Å². The first kappa shape index (κ1) is 20.4. The highest BCUT2D eigenvalue weighted by molar-refractivity contribution is 6.14. The normalized spacial score (nSPS) is 14.6. The molecule has 33 heavy (non-hydrogen) atoms. The number of allylic oxidation sites excluding steroid dienone is 1. The lowest BCUT2D eigenvalue weighted by Crippen LogP contribution is -2.08. The Balaban J connectivity index is 1.37. The molecule has 8 heteroatoms. The Labute approximate surface area is 188 Å². The quantitative estimate of drug-likeness (QED) is 0.326. The average molecular weight is 446 g/mol. The topological polar surface area (TPSA) is 89.5 Å². The molecular formula is C25H18O8. The van der Waals surface area contributed by atoms with Gasteiger partial charge in [-0.25, -0.2) is 4.79 Å². The molecule has 0 N–H and O–H groups in total. The molecular weight excluding hydrogens is 428 g/mol. The summed E-state index contributed by atoms with van der Waals surface area (Å²) in [6, 6.07) is 14.7. The Kier molecular flexibility index (Phi) is 5.10. The van der Waals surface area contributed by atoms with Crippen LogP contribution in [0.2, 0.25) is 0 Å². The highest BCUT2D eigenvalue weighted by Crippen LogP contribution is 2.38. The van der Waals surface area contributed by atoms with Crippen molar-refractivity contribution in [2.75, 3.05) is 21.0 Å². The Morgan fingerprint density at radius 1 is 0.939 bits per heavy atom. The number of fused-ring (bicyclic) bond motifs is 2. The van der Waals surface area contributed by atoms with E-state index in [1.54, 1.807) is 54.6 Å². The van der Waals surface area contributed by atoms with E-state index in [9.17, 15) is 9.59 Å². The van der Waals surface area contributed by atoms with Gasteiger partial charge in [-0.15, -0.1) is 0 Å². The van der Waals surface area contributed by atoms with E-state index in [2.05, 4.69) is 0 Å². The number of benzene rings is 3. The highest BCUT2D eigenvalue weighted by atomic mass is 16.7. The largest absolute Gasteiger partial charge is 0.493 e. The smallest absolute Gasteiger partial charge is 0.343 e. The number of hydrogen-bond donors (Lipinski definition) is 0. The fourth-order valence-corrected chi connectivity index (χ4v) is 3.59. The molecule has 0 saturated carbocycles. The number of carbonyl (C=O) groups excluding carboxylic acids is 2. The first-order valence-corrected chi connectivity index (χ1v) is 9.98. The maximum absolute atomic E-state index is 12.8. The molecule has 0 radical (unpaired) electrons. The van der Waals surface area contributed by atoms with Crippen LogP contribution in [-0.4, -0.2) is 32.8 Å². The molecule has 0 unspecified atom stereocenters. The number of Topliss-reactive ketones (excluding diaryl/α,β-unsaturated/α-hetero) is 1. The van der Waals surface area contributed by atoms with E-state index in [0.29, 0.717) is 45.4 Å². The van der Waals surface area contributed by atoms with E-state index in [0.717, 1.165) is 0 Å². The van der Waals surface area contributed by atoms with Crippen molar-refractivity contribution in [2.24, 2.45) is 0 Å². The molecule has 0 atom stereocenters. The number of carbonyl (C=O) groups is 2. The van der Waals surface area contributed by atoms with E-state index >= 15 is 0 Å². The van der Waals surface area contributed by atoms with Gasteiger partial charge in [0.2, 0.25) is 12.6 Å². The van der Waals surface area contributed by atoms with Crippen molar-refractivity contribution in [2.45, 2.75) is 0 Å². The Morgan fingerprint density at radius 3 is 2.61 bits per heavy atom. The molecule has 0 saturated heterocycles. The van der Waals surface area contributed by atoms with Gasteiger partial charge in [-0.05, 0) is 42.5 Å². The SMILES string of the molecule is COc1cccc(/C=C2\Oc3cc(OC(=O)c4ccc5c(c4)OCO5)ccc3C2=O)c1OC. The molecule has 0 fully saturated rings. The summed E-state index contributed by atoms with van der Waals surface area (Å²) in [5, 5.41) is 0. The Hall–Kier alpha value is -4.46. The van der Waals surface area contributed by atoms with Gasteiger partial charge < -0.3 is 28.4 Å². The predicted molar refractivity (Wildman–Crippen MR) is 116 cm³/mol. The summed E-state index contributed by atoms with van der Waals surface area (Å²) in [4.78, 5) is 25.4. The third kappa shape index (κ3) is 3.71. The van der Waals surface area contributed by atoms with Crippen molar-refractivity contribution in [3.8, 4) is 34.5 Å². The van der Waals surface area contributed by atoms with Gasteiger partial charge in [0.15, 0.2) is 28.8 Å². The molecule has 3 aromatic carbocycles. The molecule has 2 heterocycles. The van der Waals surface area contributed by atoms with Crippen LogP contribution in [0.25, 0.3) is 6.08 Å². The van der Waals surface area contributed by atoms with Crippen molar-refractivity contribution in [3.05, 3.63) is 77.0 Å². The van der Waals surface area contributed by atoms with Gasteiger partial charge >= 0.3 is 5.97 Å². The maximum Gasteiger partial charge on any atom is 0.343 e. The van der Waals surface area contributed by atoms with Crippen LogP contribution in [0.1, 0.15) is 26.3 Å². The zero-order chi connectivity index (χ0) is 22.9. The van der Waals surface area contributed by atoms with Crippen LogP contribution < -0.4 is 28.4 Å². The minimum absolute atomic E-state index is 0.113. The van der Waals surface area contributed by atoms with E-state index in [4.69, 9.17) is 28.4 Å². The van der Waals surface area contributed by atoms with Crippen molar-refractivity contribution < 1.29 is 38.0 Å². The van der Waals surface area contributed by atoms with Crippen molar-refractivity contribution >= 4 is 17.8 Å². The van der Waals surface area contributed by atoms with Gasteiger partial charge in [-0.1, -0.05) is 12.1 Å². The summed E-state index contributed by atoms with van der Waals surface area (Å²) >= 11 is 0. The highest BCUT2D eigenvalue weighted by Gasteiger charge is 2.29. The Bertz CT molecular complexity index is 1310. The summed E-state index contributed by atoms with van der Waals surface area (Å²) in [5.74, 6) is 1.87. The van der Waals surface area contributed by atoms with E-state index in [1.165, 1.54) is 20.3 Å². The zero-order valence-corrected chi connectivity index (χ0v) is 17.7. The molecule has 0 bridgehead atoms. The minimum Gasteiger partial charge on any atom is -0.493 e. The van der Waals surface area contributed by atoms with Gasteiger partial charge in [0.25, 0.3) is 0 Å². The van der Waals surface area contributed by atoms with Crippen molar-refractivity contribution in [1.82, 2.24) is 0 Å². The number of methoxy groups -OCH3 is 2. The molecule has 5 rings (SSSR count). The van der Waals surface area contributed by atoms with Crippen LogP contribution in [0, 0.1) is 0 Å². The zero-order valence-electron chi connectivity index (χ0n) is 17.7. The molecule has 2 aliphatic heterocycles. The molecule has 0 aromatic heterocycles. The van der Waals surface area contributed by atoms with Crippen LogP contribution in [-0.2, 0) is 0 Å². The summed E-state index contributed by atoms with van der Waals surface area (Å²) in [7, 11) is 3.06. The van der Waals surface area contributed by atoms with Crippen LogP contribution >= 0.6 is 0 Å². The lowest BCUT2D eigenvalue weighted by molar-refractivity contribution is 0.0734. The fourth-order valence-electron chi connectivity index (χ4n) is 3.59. The summed E-state index contributed by atoms with van der Waals surface area (Å²) in [5.41, 5.74) is 1.30. The van der Waals surface area contributed by atoms with Gasteiger partial charge in [0.05, 0.1) is 25.3 Å². The van der Waals surface area contributed by atoms with Crippen molar-refractivity contribution in [3.63, 3.8) is 0 Å².